The van der Waals surface area contributed by atoms with Crippen molar-refractivity contribution in [2.75, 3.05) is 29.5 Å². The lowest BCUT2D eigenvalue weighted by Crippen LogP contribution is -2.33. The van der Waals surface area contributed by atoms with E-state index in [-0.39, 0.29) is 24.6 Å². The Bertz CT molecular complexity index is 838. The molecule has 0 saturated carbocycles. The van der Waals surface area contributed by atoms with Crippen LogP contribution in [-0.4, -0.2) is 34.2 Å². The average Bonchev–Trinajstić information content (AvgIpc) is 2.54. The molecule has 0 atom stereocenters. The Morgan fingerprint density at radius 3 is 2.44 bits per heavy atom. The molecule has 0 spiro atoms. The summed E-state index contributed by atoms with van der Waals surface area (Å²) in [7, 11) is -2.10. The van der Waals surface area contributed by atoms with E-state index in [4.69, 9.17) is 4.74 Å². The second-order valence-electron chi connectivity index (χ2n) is 5.34. The molecule has 134 valence electrons. The third-order valence-electron chi connectivity index (χ3n) is 3.41. The summed E-state index contributed by atoms with van der Waals surface area (Å²) < 4.78 is 43.3. The number of sulfonamides is 1. The number of carbonyl (C=O) groups is 1. The van der Waals surface area contributed by atoms with Crippen LogP contribution in [0.1, 0.15) is 6.42 Å². The third kappa shape index (κ3) is 5.46. The third-order valence-corrected chi connectivity index (χ3v) is 4.61. The highest BCUT2D eigenvalue weighted by molar-refractivity contribution is 7.92. The fraction of sp³-hybridized carbons (Fsp3) is 0.235. The van der Waals surface area contributed by atoms with Crippen molar-refractivity contribution in [2.24, 2.45) is 0 Å². The maximum Gasteiger partial charge on any atom is 0.232 e. The molecule has 0 aliphatic carbocycles. The van der Waals surface area contributed by atoms with Gasteiger partial charge in [0.2, 0.25) is 15.9 Å². The molecule has 1 N–H and O–H groups in total. The maximum absolute atomic E-state index is 13.4. The minimum Gasteiger partial charge on any atom is -0.497 e. The molecule has 2 rings (SSSR count). The van der Waals surface area contributed by atoms with Gasteiger partial charge in [-0.2, -0.15) is 0 Å². The molecular weight excluding hydrogens is 347 g/mol. The molecule has 1 amide bonds. The quantitative estimate of drug-likeness (QED) is 0.817. The summed E-state index contributed by atoms with van der Waals surface area (Å²) in [5.74, 6) is -0.239. The summed E-state index contributed by atoms with van der Waals surface area (Å²) in [4.78, 5) is 12.1. The SMILES string of the molecule is COc1ccc(NC(=O)CCN(c2cccc(F)c2)S(C)(=O)=O)cc1. The minimum atomic E-state index is -3.64. The van der Waals surface area contributed by atoms with Gasteiger partial charge in [0.15, 0.2) is 0 Å². The normalized spacial score (nSPS) is 11.0. The molecule has 6 nitrogen and oxygen atoms in total. The maximum atomic E-state index is 13.4. The van der Waals surface area contributed by atoms with Gasteiger partial charge < -0.3 is 10.1 Å². The van der Waals surface area contributed by atoms with Gasteiger partial charge in [-0.1, -0.05) is 6.07 Å². The first-order valence-electron chi connectivity index (χ1n) is 7.47. The molecule has 0 saturated heterocycles. The largest absolute Gasteiger partial charge is 0.497 e. The van der Waals surface area contributed by atoms with Crippen LogP contribution in [-0.2, 0) is 14.8 Å². The Hall–Kier alpha value is -2.61. The number of anilines is 2. The predicted molar refractivity (Wildman–Crippen MR) is 94.8 cm³/mol. The van der Waals surface area contributed by atoms with Gasteiger partial charge in [0, 0.05) is 18.7 Å². The van der Waals surface area contributed by atoms with E-state index >= 15 is 0 Å². The predicted octanol–water partition coefficient (Wildman–Crippen LogP) is 2.63. The van der Waals surface area contributed by atoms with Gasteiger partial charge in [0.1, 0.15) is 11.6 Å². The summed E-state index contributed by atoms with van der Waals surface area (Å²) in [5.41, 5.74) is 0.752. The van der Waals surface area contributed by atoms with E-state index in [2.05, 4.69) is 5.32 Å². The van der Waals surface area contributed by atoms with Crippen LogP contribution in [0, 0.1) is 5.82 Å². The first kappa shape index (κ1) is 18.7. The molecule has 0 radical (unpaired) electrons. The molecule has 0 unspecified atom stereocenters. The van der Waals surface area contributed by atoms with Crippen molar-refractivity contribution in [3.05, 3.63) is 54.3 Å². The molecule has 0 bridgehead atoms. The van der Waals surface area contributed by atoms with E-state index in [0.29, 0.717) is 11.4 Å². The molecule has 0 heterocycles. The monoisotopic (exact) mass is 366 g/mol. The number of hydrogen-bond donors (Lipinski definition) is 1. The molecule has 0 aromatic heterocycles. The Morgan fingerprint density at radius 1 is 1.20 bits per heavy atom. The lowest BCUT2D eigenvalue weighted by Gasteiger charge is -2.22. The van der Waals surface area contributed by atoms with Crippen molar-refractivity contribution in [2.45, 2.75) is 6.42 Å². The number of hydrogen-bond acceptors (Lipinski definition) is 4. The van der Waals surface area contributed by atoms with Crippen molar-refractivity contribution >= 4 is 27.3 Å². The second-order valence-corrected chi connectivity index (χ2v) is 7.25. The average molecular weight is 366 g/mol. The first-order valence-corrected chi connectivity index (χ1v) is 9.31. The van der Waals surface area contributed by atoms with Crippen LogP contribution in [0.15, 0.2) is 48.5 Å². The van der Waals surface area contributed by atoms with Gasteiger partial charge in [-0.15, -0.1) is 0 Å². The zero-order chi connectivity index (χ0) is 18.4. The number of nitrogens with one attached hydrogen (secondary N) is 1. The topological polar surface area (TPSA) is 75.7 Å². The second kappa shape index (κ2) is 7.98. The Balaban J connectivity index is 2.03. The van der Waals surface area contributed by atoms with Crippen LogP contribution in [0.5, 0.6) is 5.75 Å². The van der Waals surface area contributed by atoms with Crippen molar-refractivity contribution in [3.8, 4) is 5.75 Å². The number of nitrogens with zero attached hydrogens (tertiary/aromatic N) is 1. The highest BCUT2D eigenvalue weighted by Crippen LogP contribution is 2.19. The van der Waals surface area contributed by atoms with E-state index in [1.165, 1.54) is 18.2 Å². The summed E-state index contributed by atoms with van der Waals surface area (Å²) in [6.07, 6.45) is 0.939. The molecule has 2 aromatic rings. The summed E-state index contributed by atoms with van der Waals surface area (Å²) in [5, 5.41) is 2.67. The molecule has 0 fully saturated rings. The van der Waals surface area contributed by atoms with E-state index in [1.54, 1.807) is 31.4 Å². The number of halogens is 1. The zero-order valence-electron chi connectivity index (χ0n) is 13.9. The Kier molecular flexibility index (Phi) is 5.97. The van der Waals surface area contributed by atoms with Crippen LogP contribution in [0.2, 0.25) is 0 Å². The minimum absolute atomic E-state index is 0.0738. The zero-order valence-corrected chi connectivity index (χ0v) is 14.7. The lowest BCUT2D eigenvalue weighted by atomic mass is 10.2. The molecule has 0 aliphatic heterocycles. The van der Waals surface area contributed by atoms with E-state index in [9.17, 15) is 17.6 Å². The van der Waals surface area contributed by atoms with Crippen LogP contribution in [0.4, 0.5) is 15.8 Å². The van der Waals surface area contributed by atoms with Gasteiger partial charge in [0.05, 0.1) is 19.1 Å². The highest BCUT2D eigenvalue weighted by atomic mass is 32.2. The lowest BCUT2D eigenvalue weighted by molar-refractivity contribution is -0.116. The van der Waals surface area contributed by atoms with E-state index < -0.39 is 15.8 Å². The molecule has 25 heavy (non-hydrogen) atoms. The van der Waals surface area contributed by atoms with Gasteiger partial charge in [-0.05, 0) is 42.5 Å². The number of benzene rings is 2. The van der Waals surface area contributed by atoms with Crippen molar-refractivity contribution in [3.63, 3.8) is 0 Å². The van der Waals surface area contributed by atoms with Crippen molar-refractivity contribution < 1.29 is 22.3 Å². The molecular formula is C17H19FN2O4S. The fourth-order valence-corrected chi connectivity index (χ4v) is 3.14. The standard InChI is InChI=1S/C17H19FN2O4S/c1-24-16-8-6-14(7-9-16)19-17(21)10-11-20(25(2,22)23)15-5-3-4-13(18)12-15/h3-9,12H,10-11H2,1-2H3,(H,19,21). The Morgan fingerprint density at radius 2 is 1.88 bits per heavy atom. The fourth-order valence-electron chi connectivity index (χ4n) is 2.22. The smallest absolute Gasteiger partial charge is 0.232 e. The van der Waals surface area contributed by atoms with Crippen molar-refractivity contribution in [1.82, 2.24) is 0 Å². The number of amides is 1. The van der Waals surface area contributed by atoms with Crippen LogP contribution < -0.4 is 14.4 Å². The van der Waals surface area contributed by atoms with Crippen LogP contribution >= 0.6 is 0 Å². The highest BCUT2D eigenvalue weighted by Gasteiger charge is 2.19. The molecule has 0 aliphatic rings. The molecule has 8 heteroatoms. The van der Waals surface area contributed by atoms with Crippen LogP contribution in [0.25, 0.3) is 0 Å². The van der Waals surface area contributed by atoms with E-state index in [0.717, 1.165) is 16.6 Å². The Labute approximate surface area is 146 Å². The number of carbonyl (C=O) groups excluding carboxylic acids is 1. The summed E-state index contributed by atoms with van der Waals surface area (Å²) >= 11 is 0. The number of ether oxygens (including phenoxy) is 1. The van der Waals surface area contributed by atoms with Gasteiger partial charge in [0.25, 0.3) is 0 Å². The summed E-state index contributed by atoms with van der Waals surface area (Å²) in [6, 6.07) is 12.0. The van der Waals surface area contributed by atoms with Crippen molar-refractivity contribution in [1.29, 1.82) is 0 Å². The summed E-state index contributed by atoms with van der Waals surface area (Å²) in [6.45, 7) is -0.0930. The first-order chi connectivity index (χ1) is 11.8. The van der Waals surface area contributed by atoms with Gasteiger partial charge in [-0.3, -0.25) is 9.10 Å². The molecule has 2 aromatic carbocycles. The van der Waals surface area contributed by atoms with Gasteiger partial charge >= 0.3 is 0 Å². The van der Waals surface area contributed by atoms with E-state index in [1.807, 2.05) is 0 Å². The number of methoxy groups -OCH3 is 1. The van der Waals surface area contributed by atoms with Gasteiger partial charge in [-0.25, -0.2) is 12.8 Å². The number of rotatable bonds is 7. The van der Waals surface area contributed by atoms with Crippen LogP contribution in [0.3, 0.4) is 0 Å².